The number of halogens is 1. The number of amides is 3. The van der Waals surface area contributed by atoms with Crippen LogP contribution in [0.15, 0.2) is 29.1 Å². The molecule has 2 aliphatic heterocycles. The maximum Gasteiger partial charge on any atom is 0.312 e. The van der Waals surface area contributed by atoms with Gasteiger partial charge in [0.15, 0.2) is 5.69 Å². The van der Waals surface area contributed by atoms with Crippen LogP contribution in [0.25, 0.3) is 0 Å². The summed E-state index contributed by atoms with van der Waals surface area (Å²) in [7, 11) is 4.43. The molecule has 4 N–H and O–H groups in total. The number of nitrogens with two attached hydrogens (primary N) is 1. The summed E-state index contributed by atoms with van der Waals surface area (Å²) in [4.78, 5) is 59.1. The molecule has 11 nitrogen and oxygen atoms in total. The second-order valence-electron chi connectivity index (χ2n) is 10.1. The Bertz CT molecular complexity index is 1300. The molecule has 0 saturated heterocycles. The first-order chi connectivity index (χ1) is 17.4. The Kier molecular flexibility index (Phi) is 6.80. The molecule has 1 aromatic carbocycles. The molecule has 3 amide bonds. The highest BCUT2D eigenvalue weighted by Crippen LogP contribution is 2.51. The summed E-state index contributed by atoms with van der Waals surface area (Å²) >= 11 is 0. The number of aromatic nitrogens is 2. The minimum absolute atomic E-state index is 0.00973. The molecule has 0 atom stereocenters. The molecule has 2 aromatic rings. The van der Waals surface area contributed by atoms with Crippen molar-refractivity contribution in [1.29, 1.82) is 0 Å². The molecule has 0 radical (unpaired) electrons. The zero-order valence-corrected chi connectivity index (χ0v) is 21.1. The monoisotopic (exact) mass is 514 g/mol. The third-order valence-corrected chi connectivity index (χ3v) is 7.74. The van der Waals surface area contributed by atoms with E-state index >= 15 is 0 Å². The maximum absolute atomic E-state index is 13.4. The van der Waals surface area contributed by atoms with E-state index in [1.165, 1.54) is 59.8 Å². The number of hydrogen-bond acceptors (Lipinski definition) is 7. The van der Waals surface area contributed by atoms with Gasteiger partial charge in [-0.05, 0) is 49.9 Å². The van der Waals surface area contributed by atoms with E-state index < -0.39 is 51.5 Å². The second-order valence-corrected chi connectivity index (χ2v) is 10.1. The molecular formula is C25H31FN6O5. The van der Waals surface area contributed by atoms with Crippen LogP contribution in [-0.4, -0.2) is 69.9 Å². The highest BCUT2D eigenvalue weighted by Gasteiger charge is 2.54. The van der Waals surface area contributed by atoms with Crippen molar-refractivity contribution in [3.63, 3.8) is 0 Å². The number of carbonyl (C=O) groups excluding carboxylic acids is 3. The highest BCUT2D eigenvalue weighted by molar-refractivity contribution is 6.34. The Balaban J connectivity index is 1.79. The molecule has 0 unspecified atom stereocenters. The lowest BCUT2D eigenvalue weighted by molar-refractivity contribution is -0.155. The molecule has 1 saturated carbocycles. The smallest absolute Gasteiger partial charge is 0.312 e. The average Bonchev–Trinajstić information content (AvgIpc) is 3.13. The number of aromatic hydroxyl groups is 1. The quantitative estimate of drug-likeness (QED) is 0.485. The third-order valence-electron chi connectivity index (χ3n) is 7.74. The Hall–Kier alpha value is -3.80. The molecular weight excluding hydrogens is 483 g/mol. The van der Waals surface area contributed by atoms with Crippen molar-refractivity contribution in [1.82, 2.24) is 24.7 Å². The van der Waals surface area contributed by atoms with E-state index in [1.54, 1.807) is 0 Å². The van der Waals surface area contributed by atoms with Crippen LogP contribution in [-0.2, 0) is 28.2 Å². The zero-order valence-electron chi connectivity index (χ0n) is 21.1. The van der Waals surface area contributed by atoms with Gasteiger partial charge in [0, 0.05) is 39.6 Å². The van der Waals surface area contributed by atoms with Gasteiger partial charge in [0.2, 0.25) is 5.75 Å². The molecule has 0 spiro atoms. The molecule has 198 valence electrons. The molecule has 1 fully saturated rings. The summed E-state index contributed by atoms with van der Waals surface area (Å²) in [5.41, 5.74) is 3.81. The Morgan fingerprint density at radius 2 is 1.73 bits per heavy atom. The van der Waals surface area contributed by atoms with Gasteiger partial charge < -0.3 is 26.0 Å². The van der Waals surface area contributed by atoms with Gasteiger partial charge in [0.25, 0.3) is 11.5 Å². The standard InChI is InChI=1S/C25H31FN6O5/c1-30(2)21(36)22(37)31(3)25-10-8-24(13-27,9-11-25)14-32-20(35)18(33)17(29-23(25)32)19(34)28-12-15-4-6-16(26)7-5-15/h4-7,33H,8-14,27H2,1-3H3,(H,28,34). The van der Waals surface area contributed by atoms with Crippen molar-refractivity contribution in [3.8, 4) is 5.75 Å². The predicted octanol–water partition coefficient (Wildman–Crippen LogP) is 0.293. The van der Waals surface area contributed by atoms with Crippen molar-refractivity contribution < 1.29 is 23.9 Å². The molecule has 3 aliphatic rings. The van der Waals surface area contributed by atoms with E-state index in [9.17, 15) is 28.7 Å². The van der Waals surface area contributed by atoms with Gasteiger partial charge >= 0.3 is 11.8 Å². The van der Waals surface area contributed by atoms with E-state index in [-0.39, 0.29) is 25.5 Å². The van der Waals surface area contributed by atoms with Gasteiger partial charge in [0.05, 0.1) is 0 Å². The van der Waals surface area contributed by atoms with Crippen LogP contribution in [0.3, 0.4) is 0 Å². The molecule has 5 rings (SSSR count). The molecule has 37 heavy (non-hydrogen) atoms. The normalized spacial score (nSPS) is 22.1. The number of likely N-dealkylation sites (N-methyl/N-ethyl adjacent to an activating group) is 2. The van der Waals surface area contributed by atoms with Crippen molar-refractivity contribution in [3.05, 3.63) is 57.5 Å². The molecule has 2 bridgehead atoms. The summed E-state index contributed by atoms with van der Waals surface area (Å²) in [6, 6.07) is 5.50. The highest BCUT2D eigenvalue weighted by atomic mass is 19.1. The largest absolute Gasteiger partial charge is 0.501 e. The van der Waals surface area contributed by atoms with Gasteiger partial charge in [-0.1, -0.05) is 12.1 Å². The Labute approximate surface area is 213 Å². The summed E-state index contributed by atoms with van der Waals surface area (Å²) in [5.74, 6) is -3.41. The summed E-state index contributed by atoms with van der Waals surface area (Å²) in [5, 5.41) is 13.3. The van der Waals surface area contributed by atoms with Gasteiger partial charge in [-0.25, -0.2) is 9.37 Å². The minimum Gasteiger partial charge on any atom is -0.501 e. The first-order valence-electron chi connectivity index (χ1n) is 12.0. The molecule has 1 aliphatic carbocycles. The molecule has 1 aromatic heterocycles. The van der Waals surface area contributed by atoms with Crippen molar-refractivity contribution in [2.45, 2.75) is 44.3 Å². The molecule has 3 heterocycles. The van der Waals surface area contributed by atoms with Gasteiger partial charge in [0.1, 0.15) is 17.2 Å². The lowest BCUT2D eigenvalue weighted by Crippen LogP contribution is -2.55. The van der Waals surface area contributed by atoms with Gasteiger partial charge in [-0.15, -0.1) is 0 Å². The average molecular weight is 515 g/mol. The Morgan fingerprint density at radius 1 is 1.11 bits per heavy atom. The van der Waals surface area contributed by atoms with E-state index in [2.05, 4.69) is 10.3 Å². The van der Waals surface area contributed by atoms with Crippen molar-refractivity contribution in [2.75, 3.05) is 27.7 Å². The summed E-state index contributed by atoms with van der Waals surface area (Å²) in [6.45, 7) is 0.459. The topological polar surface area (TPSA) is 151 Å². The number of nitrogens with one attached hydrogen (secondary N) is 1. The summed E-state index contributed by atoms with van der Waals surface area (Å²) in [6.07, 6.45) is 1.88. The van der Waals surface area contributed by atoms with Crippen LogP contribution in [0, 0.1) is 11.2 Å². The SMILES string of the molecule is CN(C)C(=O)C(=O)N(C)C12CCC(CN)(CC1)Cn1c2nc(C(=O)NCc2ccc(F)cc2)c(O)c1=O. The maximum atomic E-state index is 13.4. The van der Waals surface area contributed by atoms with Crippen LogP contribution in [0.1, 0.15) is 47.6 Å². The van der Waals surface area contributed by atoms with Crippen LogP contribution in [0.4, 0.5) is 4.39 Å². The predicted molar refractivity (Wildman–Crippen MR) is 131 cm³/mol. The first kappa shape index (κ1) is 26.3. The van der Waals surface area contributed by atoms with E-state index in [1.807, 2.05) is 0 Å². The van der Waals surface area contributed by atoms with Crippen LogP contribution < -0.4 is 16.6 Å². The number of carbonyl (C=O) groups is 3. The van der Waals surface area contributed by atoms with Crippen molar-refractivity contribution in [2.24, 2.45) is 11.1 Å². The van der Waals surface area contributed by atoms with E-state index in [0.717, 1.165) is 0 Å². The van der Waals surface area contributed by atoms with Gasteiger partial charge in [-0.3, -0.25) is 23.7 Å². The molecule has 12 heteroatoms. The third kappa shape index (κ3) is 4.45. The lowest BCUT2D eigenvalue weighted by Gasteiger charge is -2.46. The fourth-order valence-corrected chi connectivity index (χ4v) is 5.27. The number of nitrogens with zero attached hydrogens (tertiary/aromatic N) is 4. The van der Waals surface area contributed by atoms with Crippen LogP contribution >= 0.6 is 0 Å². The number of rotatable bonds is 5. The van der Waals surface area contributed by atoms with E-state index in [0.29, 0.717) is 31.2 Å². The number of hydrogen-bond donors (Lipinski definition) is 3. The minimum atomic E-state index is -1.16. The lowest BCUT2D eigenvalue weighted by atomic mass is 9.68. The van der Waals surface area contributed by atoms with Crippen LogP contribution in [0.5, 0.6) is 5.75 Å². The fourth-order valence-electron chi connectivity index (χ4n) is 5.27. The van der Waals surface area contributed by atoms with Crippen molar-refractivity contribution >= 4 is 17.7 Å². The van der Waals surface area contributed by atoms with E-state index in [4.69, 9.17) is 5.73 Å². The van der Waals surface area contributed by atoms with Gasteiger partial charge in [-0.2, -0.15) is 0 Å². The Morgan fingerprint density at radius 3 is 2.30 bits per heavy atom. The first-order valence-corrected chi connectivity index (χ1v) is 12.0. The zero-order chi connectivity index (χ0) is 27.1. The number of fused-ring (bicyclic) bond motifs is 2. The number of benzene rings is 1. The fraction of sp³-hybridized carbons (Fsp3) is 0.480. The summed E-state index contributed by atoms with van der Waals surface area (Å²) < 4.78 is 14.5. The van der Waals surface area contributed by atoms with Crippen LogP contribution in [0.2, 0.25) is 0 Å². The second kappa shape index (κ2) is 9.58.